The molecular formula is C12H12O6. The van der Waals surface area contributed by atoms with Crippen LogP contribution in [0.4, 0.5) is 0 Å². The highest BCUT2D eigenvalue weighted by Gasteiger charge is 2.26. The van der Waals surface area contributed by atoms with Crippen LogP contribution in [0.2, 0.25) is 0 Å². The van der Waals surface area contributed by atoms with Gasteiger partial charge in [-0.3, -0.25) is 9.59 Å². The van der Waals surface area contributed by atoms with E-state index in [1.165, 1.54) is 19.9 Å². The molecule has 0 atom stereocenters. The summed E-state index contributed by atoms with van der Waals surface area (Å²) in [6.07, 6.45) is 0. The maximum Gasteiger partial charge on any atom is 0.308 e. The summed E-state index contributed by atoms with van der Waals surface area (Å²) in [5.74, 6) is -0.970. The minimum Gasteiger partial charge on any atom is -0.504 e. The Hall–Kier alpha value is -2.24. The van der Waals surface area contributed by atoms with Crippen LogP contribution < -0.4 is 14.2 Å². The van der Waals surface area contributed by atoms with E-state index in [1.807, 2.05) is 0 Å². The topological polar surface area (TPSA) is 82.1 Å². The van der Waals surface area contributed by atoms with E-state index in [9.17, 15) is 14.7 Å². The van der Waals surface area contributed by atoms with Gasteiger partial charge in [-0.1, -0.05) is 0 Å². The van der Waals surface area contributed by atoms with Crippen LogP contribution in [0.25, 0.3) is 0 Å². The van der Waals surface area contributed by atoms with Crippen molar-refractivity contribution in [3.8, 4) is 23.0 Å². The molecule has 18 heavy (non-hydrogen) atoms. The lowest BCUT2D eigenvalue weighted by atomic mass is 10.1. The average molecular weight is 252 g/mol. The van der Waals surface area contributed by atoms with Crippen LogP contribution in [0.5, 0.6) is 23.0 Å². The number of ketones is 1. The Labute approximate surface area is 103 Å². The van der Waals surface area contributed by atoms with E-state index in [0.717, 1.165) is 0 Å². The third-order valence-electron chi connectivity index (χ3n) is 2.38. The van der Waals surface area contributed by atoms with Gasteiger partial charge in [0.2, 0.25) is 11.5 Å². The Morgan fingerprint density at radius 3 is 2.39 bits per heavy atom. The maximum absolute atomic E-state index is 11.4. The molecule has 0 spiro atoms. The van der Waals surface area contributed by atoms with Gasteiger partial charge in [0.15, 0.2) is 17.3 Å². The standard InChI is InChI=1S/C12H12O6/c1-6(13)8-5-9(18-7(2)14)11-12(10(8)15)17-4-3-16-11/h5,15H,3-4H2,1-2H3. The molecule has 0 saturated heterocycles. The predicted octanol–water partition coefficient (Wildman–Crippen LogP) is 1.29. The second kappa shape index (κ2) is 4.56. The molecule has 96 valence electrons. The summed E-state index contributed by atoms with van der Waals surface area (Å²) in [5, 5.41) is 9.90. The molecule has 0 unspecified atom stereocenters. The molecule has 6 heteroatoms. The van der Waals surface area contributed by atoms with Gasteiger partial charge in [0.25, 0.3) is 0 Å². The number of carbonyl (C=O) groups excluding carboxylic acids is 2. The largest absolute Gasteiger partial charge is 0.504 e. The van der Waals surface area contributed by atoms with Crippen molar-refractivity contribution >= 4 is 11.8 Å². The monoisotopic (exact) mass is 252 g/mol. The first-order valence-corrected chi connectivity index (χ1v) is 5.35. The SMILES string of the molecule is CC(=O)Oc1cc(C(C)=O)c(O)c2c1OCCO2. The predicted molar refractivity (Wildman–Crippen MR) is 60.4 cm³/mol. The van der Waals surface area contributed by atoms with Crippen LogP contribution in [-0.2, 0) is 4.79 Å². The van der Waals surface area contributed by atoms with E-state index in [0.29, 0.717) is 0 Å². The van der Waals surface area contributed by atoms with Gasteiger partial charge in [0.1, 0.15) is 13.2 Å². The van der Waals surface area contributed by atoms with Gasteiger partial charge in [-0.05, 0) is 13.0 Å². The Morgan fingerprint density at radius 2 is 1.83 bits per heavy atom. The average Bonchev–Trinajstić information content (AvgIpc) is 2.32. The molecular weight excluding hydrogens is 240 g/mol. The maximum atomic E-state index is 11.4. The van der Waals surface area contributed by atoms with E-state index < -0.39 is 5.97 Å². The lowest BCUT2D eigenvalue weighted by Gasteiger charge is -2.22. The number of hydrogen-bond acceptors (Lipinski definition) is 6. The number of benzene rings is 1. The summed E-state index contributed by atoms with van der Waals surface area (Å²) >= 11 is 0. The quantitative estimate of drug-likeness (QED) is 0.485. The molecule has 1 aliphatic rings. The van der Waals surface area contributed by atoms with Crippen LogP contribution in [0.3, 0.4) is 0 Å². The molecule has 0 saturated carbocycles. The summed E-state index contributed by atoms with van der Waals surface area (Å²) in [7, 11) is 0. The van der Waals surface area contributed by atoms with Crippen LogP contribution in [0.15, 0.2) is 6.07 Å². The number of aromatic hydroxyl groups is 1. The van der Waals surface area contributed by atoms with E-state index in [1.54, 1.807) is 0 Å². The number of esters is 1. The van der Waals surface area contributed by atoms with Gasteiger partial charge < -0.3 is 19.3 Å². The first-order valence-electron chi connectivity index (χ1n) is 5.35. The fourth-order valence-corrected chi connectivity index (χ4v) is 1.66. The first-order chi connectivity index (χ1) is 8.50. The molecule has 1 heterocycles. The van der Waals surface area contributed by atoms with Crippen molar-refractivity contribution in [3.05, 3.63) is 11.6 Å². The van der Waals surface area contributed by atoms with E-state index in [2.05, 4.69) is 0 Å². The van der Waals surface area contributed by atoms with Crippen molar-refractivity contribution in [2.45, 2.75) is 13.8 Å². The number of carbonyl (C=O) groups is 2. The van der Waals surface area contributed by atoms with Crippen molar-refractivity contribution in [3.63, 3.8) is 0 Å². The van der Waals surface area contributed by atoms with Gasteiger partial charge in [-0.2, -0.15) is 0 Å². The number of rotatable bonds is 2. The number of ether oxygens (including phenoxy) is 3. The zero-order chi connectivity index (χ0) is 13.3. The highest BCUT2D eigenvalue weighted by atomic mass is 16.6. The number of phenols is 1. The second-order valence-electron chi connectivity index (χ2n) is 3.78. The minimum atomic E-state index is -0.549. The Bertz CT molecular complexity index is 520. The highest BCUT2D eigenvalue weighted by molar-refractivity contribution is 5.99. The fraction of sp³-hybridized carbons (Fsp3) is 0.333. The molecule has 0 fully saturated rings. The molecule has 2 rings (SSSR count). The number of Topliss-reactive ketones (excluding diaryl/α,β-unsaturated/α-hetero) is 1. The lowest BCUT2D eigenvalue weighted by molar-refractivity contribution is -0.132. The van der Waals surface area contributed by atoms with Gasteiger partial charge >= 0.3 is 5.97 Å². The van der Waals surface area contributed by atoms with E-state index in [4.69, 9.17) is 14.2 Å². The van der Waals surface area contributed by atoms with Crippen LogP contribution >= 0.6 is 0 Å². The lowest BCUT2D eigenvalue weighted by Crippen LogP contribution is -2.17. The summed E-state index contributed by atoms with van der Waals surface area (Å²) < 4.78 is 15.5. The zero-order valence-electron chi connectivity index (χ0n) is 9.98. The molecule has 6 nitrogen and oxygen atoms in total. The smallest absolute Gasteiger partial charge is 0.308 e. The molecule has 0 aromatic heterocycles. The molecule has 1 aromatic rings. The van der Waals surface area contributed by atoms with Crippen molar-refractivity contribution in [2.75, 3.05) is 13.2 Å². The summed E-state index contributed by atoms with van der Waals surface area (Å²) in [4.78, 5) is 22.4. The van der Waals surface area contributed by atoms with Gasteiger partial charge in [0.05, 0.1) is 5.56 Å². The Balaban J connectivity index is 2.60. The molecule has 1 aromatic carbocycles. The summed E-state index contributed by atoms with van der Waals surface area (Å²) in [5.41, 5.74) is 0.0236. The van der Waals surface area contributed by atoms with Gasteiger partial charge in [0, 0.05) is 6.92 Å². The highest BCUT2D eigenvalue weighted by Crippen LogP contribution is 2.47. The third-order valence-corrected chi connectivity index (χ3v) is 2.38. The normalized spacial score (nSPS) is 13.0. The van der Waals surface area contributed by atoms with Crippen molar-refractivity contribution in [1.82, 2.24) is 0 Å². The van der Waals surface area contributed by atoms with Crippen molar-refractivity contribution in [2.24, 2.45) is 0 Å². The van der Waals surface area contributed by atoms with E-state index >= 15 is 0 Å². The minimum absolute atomic E-state index is 0.0236. The second-order valence-corrected chi connectivity index (χ2v) is 3.78. The molecule has 0 aliphatic carbocycles. The third kappa shape index (κ3) is 2.09. The van der Waals surface area contributed by atoms with Crippen LogP contribution in [0, 0.1) is 0 Å². The van der Waals surface area contributed by atoms with Crippen molar-refractivity contribution in [1.29, 1.82) is 0 Å². The van der Waals surface area contributed by atoms with Gasteiger partial charge in [-0.25, -0.2) is 0 Å². The molecule has 0 amide bonds. The van der Waals surface area contributed by atoms with Crippen molar-refractivity contribution < 1.29 is 28.9 Å². The Kier molecular flexibility index (Phi) is 3.10. The van der Waals surface area contributed by atoms with E-state index in [-0.39, 0.29) is 47.6 Å². The molecule has 0 radical (unpaired) electrons. The number of fused-ring (bicyclic) bond motifs is 1. The summed E-state index contributed by atoms with van der Waals surface area (Å²) in [6.45, 7) is 3.06. The van der Waals surface area contributed by atoms with Crippen LogP contribution in [0.1, 0.15) is 24.2 Å². The Morgan fingerprint density at radius 1 is 1.22 bits per heavy atom. The molecule has 0 bridgehead atoms. The number of hydrogen-bond donors (Lipinski definition) is 1. The summed E-state index contributed by atoms with van der Waals surface area (Å²) in [6, 6.07) is 1.27. The van der Waals surface area contributed by atoms with Gasteiger partial charge in [-0.15, -0.1) is 0 Å². The van der Waals surface area contributed by atoms with Crippen LogP contribution in [-0.4, -0.2) is 30.1 Å². The molecule has 1 aliphatic heterocycles. The molecule has 1 N–H and O–H groups in total. The first kappa shape index (κ1) is 12.2. The zero-order valence-corrected chi connectivity index (χ0v) is 9.98. The number of phenolic OH excluding ortho intramolecular Hbond substituents is 1. The fourth-order valence-electron chi connectivity index (χ4n) is 1.66.